The monoisotopic (exact) mass is 391 g/mol. The van der Waals surface area contributed by atoms with E-state index in [1.807, 2.05) is 13.8 Å². The number of ether oxygens (including phenoxy) is 2. The summed E-state index contributed by atoms with van der Waals surface area (Å²) in [4.78, 5) is 36.1. The van der Waals surface area contributed by atoms with Gasteiger partial charge in [-0.1, -0.05) is 26.0 Å². The van der Waals surface area contributed by atoms with Gasteiger partial charge in [-0.15, -0.1) is 0 Å². The summed E-state index contributed by atoms with van der Waals surface area (Å²) < 4.78 is 10.5. The third-order valence-electron chi connectivity index (χ3n) is 5.05. The van der Waals surface area contributed by atoms with Crippen molar-refractivity contribution in [2.75, 3.05) is 0 Å². The molecule has 0 spiro atoms. The molecule has 2 heterocycles. The Morgan fingerprint density at radius 1 is 1.25 bits per heavy atom. The standard InChI is InChI=1S/C20H25NO7/c1-10(2)8-12(21-19(25)18(24)14-6-7-16(23)27-14)15-9-11-4-3-5-13(22)17(11)20(26)28-15/h3-5,10,12,14-15,18,22,24H,6-9H2,1-2H3,(H,21,25)/t12-,14-,15-,18-/m0/s1. The molecule has 1 fully saturated rings. The molecule has 28 heavy (non-hydrogen) atoms. The summed E-state index contributed by atoms with van der Waals surface area (Å²) in [6.07, 6.45) is -1.66. The van der Waals surface area contributed by atoms with Gasteiger partial charge in [-0.05, 0) is 30.4 Å². The zero-order valence-corrected chi connectivity index (χ0v) is 15.9. The van der Waals surface area contributed by atoms with Gasteiger partial charge >= 0.3 is 11.9 Å². The minimum atomic E-state index is -1.48. The minimum Gasteiger partial charge on any atom is -0.507 e. The van der Waals surface area contributed by atoms with E-state index in [1.54, 1.807) is 12.1 Å². The molecule has 0 radical (unpaired) electrons. The Hall–Kier alpha value is -2.61. The Bertz CT molecular complexity index is 776. The van der Waals surface area contributed by atoms with Crippen LogP contribution >= 0.6 is 0 Å². The van der Waals surface area contributed by atoms with Crippen LogP contribution in [0.4, 0.5) is 0 Å². The van der Waals surface area contributed by atoms with Gasteiger partial charge in [-0.25, -0.2) is 4.79 Å². The predicted octanol–water partition coefficient (Wildman–Crippen LogP) is 1.07. The Labute approximate surface area is 162 Å². The summed E-state index contributed by atoms with van der Waals surface area (Å²) in [5, 5.41) is 22.9. The van der Waals surface area contributed by atoms with E-state index in [4.69, 9.17) is 9.47 Å². The van der Waals surface area contributed by atoms with Crippen molar-refractivity contribution in [2.45, 2.75) is 63.9 Å². The number of fused-ring (bicyclic) bond motifs is 1. The van der Waals surface area contributed by atoms with Crippen molar-refractivity contribution in [1.82, 2.24) is 5.32 Å². The van der Waals surface area contributed by atoms with Crippen LogP contribution < -0.4 is 5.32 Å². The second-order valence-electron chi connectivity index (χ2n) is 7.72. The molecule has 152 valence electrons. The van der Waals surface area contributed by atoms with E-state index in [0.717, 1.165) is 0 Å². The minimum absolute atomic E-state index is 0.135. The molecule has 1 saturated heterocycles. The van der Waals surface area contributed by atoms with Crippen molar-refractivity contribution in [2.24, 2.45) is 5.92 Å². The molecule has 3 N–H and O–H groups in total. The van der Waals surface area contributed by atoms with Crippen LogP contribution in [0.2, 0.25) is 0 Å². The average molecular weight is 391 g/mol. The zero-order valence-electron chi connectivity index (χ0n) is 15.9. The van der Waals surface area contributed by atoms with E-state index in [1.165, 1.54) is 6.07 Å². The second kappa shape index (κ2) is 8.18. The Balaban J connectivity index is 1.74. The predicted molar refractivity (Wildman–Crippen MR) is 97.5 cm³/mol. The lowest BCUT2D eigenvalue weighted by atomic mass is 9.90. The fraction of sp³-hybridized carbons (Fsp3) is 0.550. The highest BCUT2D eigenvalue weighted by Gasteiger charge is 2.38. The number of hydrogen-bond acceptors (Lipinski definition) is 7. The summed E-state index contributed by atoms with van der Waals surface area (Å²) in [5.74, 6) is -1.69. The van der Waals surface area contributed by atoms with Crippen LogP contribution in [0, 0.1) is 5.92 Å². The molecule has 0 unspecified atom stereocenters. The van der Waals surface area contributed by atoms with Crippen LogP contribution in [0.5, 0.6) is 5.75 Å². The number of phenols is 1. The molecular weight excluding hydrogens is 366 g/mol. The molecule has 2 aliphatic heterocycles. The van der Waals surface area contributed by atoms with Crippen LogP contribution in [0.15, 0.2) is 18.2 Å². The fourth-order valence-electron chi connectivity index (χ4n) is 3.69. The number of aromatic hydroxyl groups is 1. The first-order valence-electron chi connectivity index (χ1n) is 9.46. The van der Waals surface area contributed by atoms with Gasteiger partial charge in [0.1, 0.15) is 23.5 Å². The van der Waals surface area contributed by atoms with E-state index in [-0.39, 0.29) is 30.1 Å². The van der Waals surface area contributed by atoms with Crippen molar-refractivity contribution >= 4 is 17.8 Å². The van der Waals surface area contributed by atoms with Crippen LogP contribution in [-0.2, 0) is 25.5 Å². The molecule has 1 aromatic carbocycles. The number of amides is 1. The molecule has 2 aliphatic rings. The van der Waals surface area contributed by atoms with Gasteiger partial charge in [0.05, 0.1) is 6.04 Å². The number of esters is 2. The van der Waals surface area contributed by atoms with E-state index >= 15 is 0 Å². The Morgan fingerprint density at radius 3 is 2.64 bits per heavy atom. The maximum absolute atomic E-state index is 12.5. The molecule has 1 aromatic rings. The normalized spacial score (nSPS) is 23.6. The first-order valence-corrected chi connectivity index (χ1v) is 9.46. The van der Waals surface area contributed by atoms with Crippen molar-refractivity contribution in [3.05, 3.63) is 29.3 Å². The largest absolute Gasteiger partial charge is 0.507 e. The number of aliphatic hydroxyl groups is 1. The number of rotatable bonds is 6. The molecule has 0 bridgehead atoms. The quantitative estimate of drug-likeness (QED) is 0.620. The smallest absolute Gasteiger partial charge is 0.342 e. The molecule has 3 rings (SSSR count). The first-order chi connectivity index (χ1) is 13.3. The van der Waals surface area contributed by atoms with Gasteiger partial charge in [0.2, 0.25) is 0 Å². The zero-order chi connectivity index (χ0) is 20.4. The Kier molecular flexibility index (Phi) is 5.88. The highest BCUT2D eigenvalue weighted by Crippen LogP contribution is 2.30. The van der Waals surface area contributed by atoms with Crippen molar-refractivity contribution in [3.8, 4) is 5.75 Å². The number of benzene rings is 1. The van der Waals surface area contributed by atoms with Crippen molar-refractivity contribution in [3.63, 3.8) is 0 Å². The summed E-state index contributed by atoms with van der Waals surface area (Å²) in [6.45, 7) is 3.94. The maximum atomic E-state index is 12.5. The summed E-state index contributed by atoms with van der Waals surface area (Å²) >= 11 is 0. The molecule has 0 aromatic heterocycles. The van der Waals surface area contributed by atoms with E-state index in [2.05, 4.69) is 5.32 Å². The van der Waals surface area contributed by atoms with Crippen LogP contribution in [0.25, 0.3) is 0 Å². The van der Waals surface area contributed by atoms with Gasteiger partial charge in [0, 0.05) is 12.8 Å². The number of hydrogen-bond donors (Lipinski definition) is 3. The number of carbonyl (C=O) groups excluding carboxylic acids is 3. The topological polar surface area (TPSA) is 122 Å². The highest BCUT2D eigenvalue weighted by atomic mass is 16.6. The van der Waals surface area contributed by atoms with E-state index < -0.39 is 42.2 Å². The third-order valence-corrected chi connectivity index (χ3v) is 5.05. The molecular formula is C20H25NO7. The third kappa shape index (κ3) is 4.27. The molecule has 1 amide bonds. The van der Waals surface area contributed by atoms with Gasteiger partial charge < -0.3 is 25.0 Å². The summed E-state index contributed by atoms with van der Waals surface area (Å²) in [6, 6.07) is 4.29. The lowest BCUT2D eigenvalue weighted by Crippen LogP contribution is -2.53. The number of carbonyl (C=O) groups is 3. The van der Waals surface area contributed by atoms with Crippen LogP contribution in [0.3, 0.4) is 0 Å². The van der Waals surface area contributed by atoms with Crippen molar-refractivity contribution in [1.29, 1.82) is 0 Å². The molecule has 8 nitrogen and oxygen atoms in total. The van der Waals surface area contributed by atoms with E-state index in [9.17, 15) is 24.6 Å². The number of nitrogens with one attached hydrogen (secondary N) is 1. The molecule has 4 atom stereocenters. The highest BCUT2D eigenvalue weighted by molar-refractivity contribution is 5.95. The molecule has 8 heteroatoms. The second-order valence-corrected chi connectivity index (χ2v) is 7.72. The van der Waals surface area contributed by atoms with E-state index in [0.29, 0.717) is 18.4 Å². The SMILES string of the molecule is CC(C)C[C@H](NC(=O)[C@@H](O)[C@@H]1CCC(=O)O1)[C@@H]1Cc2cccc(O)c2C(=O)O1. The van der Waals surface area contributed by atoms with Crippen LogP contribution in [0.1, 0.15) is 49.0 Å². The lowest BCUT2D eigenvalue weighted by molar-refractivity contribution is -0.150. The van der Waals surface area contributed by atoms with Gasteiger partial charge in [-0.3, -0.25) is 9.59 Å². The fourth-order valence-corrected chi connectivity index (χ4v) is 3.69. The number of cyclic esters (lactones) is 2. The van der Waals surface area contributed by atoms with Gasteiger partial charge in [-0.2, -0.15) is 0 Å². The molecule has 0 aliphatic carbocycles. The van der Waals surface area contributed by atoms with Crippen LogP contribution in [-0.4, -0.2) is 52.4 Å². The van der Waals surface area contributed by atoms with Gasteiger partial charge in [0.15, 0.2) is 6.10 Å². The van der Waals surface area contributed by atoms with Crippen molar-refractivity contribution < 1.29 is 34.1 Å². The maximum Gasteiger partial charge on any atom is 0.342 e. The number of aliphatic hydroxyl groups excluding tert-OH is 1. The lowest BCUT2D eigenvalue weighted by Gasteiger charge is -2.33. The Morgan fingerprint density at radius 2 is 2.00 bits per heavy atom. The summed E-state index contributed by atoms with van der Waals surface area (Å²) in [7, 11) is 0. The summed E-state index contributed by atoms with van der Waals surface area (Å²) in [5.41, 5.74) is 0.792. The molecule has 0 saturated carbocycles. The average Bonchev–Trinajstić information content (AvgIpc) is 3.06. The number of phenolic OH excluding ortho intramolecular Hbond substituents is 1. The van der Waals surface area contributed by atoms with Gasteiger partial charge in [0.25, 0.3) is 5.91 Å². The first kappa shape index (κ1) is 20.1.